The first-order valence-electron chi connectivity index (χ1n) is 12.6. The minimum Gasteiger partial charge on any atom is -0.378 e. The topological polar surface area (TPSA) is 60.5 Å². The third-order valence-electron chi connectivity index (χ3n) is 6.94. The van der Waals surface area contributed by atoms with Crippen LogP contribution in [0.4, 0.5) is 11.4 Å². The van der Waals surface area contributed by atoms with Crippen LogP contribution in [0.25, 0.3) is 0 Å². The number of nitrogens with zero attached hydrogens (tertiary/aromatic N) is 2. The minimum absolute atomic E-state index is 0.182. The number of hydrogen-bond donors (Lipinski definition) is 0. The predicted molar refractivity (Wildman–Crippen MR) is 141 cm³/mol. The van der Waals surface area contributed by atoms with Gasteiger partial charge in [-0.25, -0.2) is 0 Å². The van der Waals surface area contributed by atoms with E-state index in [9.17, 15) is 4.79 Å². The van der Waals surface area contributed by atoms with E-state index < -0.39 is 12.6 Å². The molecule has 2 aliphatic rings. The molecule has 7 nitrogen and oxygen atoms in total. The molecule has 2 aromatic carbocycles. The first kappa shape index (κ1) is 26.6. The molecule has 196 valence electrons. The van der Waals surface area contributed by atoms with Crippen molar-refractivity contribution in [1.29, 1.82) is 0 Å². The summed E-state index contributed by atoms with van der Waals surface area (Å²) in [7, 11) is 8.05. The summed E-state index contributed by atoms with van der Waals surface area (Å²) in [6, 6.07) is 16.3. The average Bonchev–Trinajstić information content (AvgIpc) is 2.84. The highest BCUT2D eigenvalue weighted by Crippen LogP contribution is 2.38. The Labute approximate surface area is 215 Å². The lowest BCUT2D eigenvalue weighted by molar-refractivity contribution is -0.235. The van der Waals surface area contributed by atoms with Crippen molar-refractivity contribution >= 4 is 17.2 Å². The van der Waals surface area contributed by atoms with E-state index in [1.54, 1.807) is 0 Å². The van der Waals surface area contributed by atoms with E-state index >= 15 is 0 Å². The van der Waals surface area contributed by atoms with Crippen LogP contribution in [0, 0.1) is 10.8 Å². The molecule has 2 aromatic rings. The highest BCUT2D eigenvalue weighted by atomic mass is 16.7. The van der Waals surface area contributed by atoms with Crippen molar-refractivity contribution in [3.05, 3.63) is 59.7 Å². The van der Waals surface area contributed by atoms with E-state index in [2.05, 4.69) is 47.9 Å². The number of anilines is 2. The molecule has 36 heavy (non-hydrogen) atoms. The van der Waals surface area contributed by atoms with Gasteiger partial charge in [-0.15, -0.1) is 0 Å². The fourth-order valence-electron chi connectivity index (χ4n) is 4.75. The molecule has 0 amide bonds. The molecule has 4 rings (SSSR count). The van der Waals surface area contributed by atoms with Crippen molar-refractivity contribution in [3.63, 3.8) is 0 Å². The normalized spacial score (nSPS) is 28.5. The Kier molecular flexibility index (Phi) is 8.05. The zero-order chi connectivity index (χ0) is 25.9. The minimum atomic E-state index is -0.397. The van der Waals surface area contributed by atoms with Crippen LogP contribution in [-0.4, -0.2) is 60.4 Å². The zero-order valence-corrected chi connectivity index (χ0v) is 22.5. The van der Waals surface area contributed by atoms with Gasteiger partial charge < -0.3 is 28.7 Å². The van der Waals surface area contributed by atoms with Gasteiger partial charge >= 0.3 is 0 Å². The highest BCUT2D eigenvalue weighted by Gasteiger charge is 2.39. The second-order valence-corrected chi connectivity index (χ2v) is 11.4. The van der Waals surface area contributed by atoms with Gasteiger partial charge in [0.1, 0.15) is 5.78 Å². The monoisotopic (exact) mass is 496 g/mol. The van der Waals surface area contributed by atoms with Crippen LogP contribution >= 0.6 is 0 Å². The van der Waals surface area contributed by atoms with E-state index in [4.69, 9.17) is 18.9 Å². The number of benzene rings is 2. The molecule has 2 saturated heterocycles. The fourth-order valence-corrected chi connectivity index (χ4v) is 4.75. The lowest BCUT2D eigenvalue weighted by Crippen LogP contribution is -2.41. The van der Waals surface area contributed by atoms with Crippen LogP contribution in [0.2, 0.25) is 0 Å². The molecule has 0 aliphatic carbocycles. The van der Waals surface area contributed by atoms with E-state index in [1.165, 1.54) is 0 Å². The third kappa shape index (κ3) is 6.45. The first-order chi connectivity index (χ1) is 17.1. The summed E-state index contributed by atoms with van der Waals surface area (Å²) >= 11 is 0. The molecule has 0 saturated carbocycles. The Hall–Kier alpha value is -2.45. The van der Waals surface area contributed by atoms with Crippen LogP contribution in [0.3, 0.4) is 0 Å². The molecule has 0 spiro atoms. The van der Waals surface area contributed by atoms with Gasteiger partial charge in [-0.3, -0.25) is 4.79 Å². The van der Waals surface area contributed by atoms with Crippen molar-refractivity contribution in [1.82, 2.24) is 0 Å². The van der Waals surface area contributed by atoms with Gasteiger partial charge in [0.25, 0.3) is 0 Å². The molecule has 7 heteroatoms. The number of carbonyl (C=O) groups is 1. The molecule has 0 aromatic heterocycles. The highest BCUT2D eigenvalue weighted by molar-refractivity contribution is 5.79. The Bertz CT molecular complexity index is 921. The maximum atomic E-state index is 13.1. The van der Waals surface area contributed by atoms with E-state index in [0.29, 0.717) is 39.3 Å². The number of rotatable bonds is 8. The largest absolute Gasteiger partial charge is 0.378 e. The second kappa shape index (κ2) is 10.9. The number of carbonyl (C=O) groups excluding carboxylic acids is 1. The summed E-state index contributed by atoms with van der Waals surface area (Å²) in [5, 5.41) is 0. The Morgan fingerprint density at radius 2 is 0.972 bits per heavy atom. The van der Waals surface area contributed by atoms with Gasteiger partial charge in [0.05, 0.1) is 26.4 Å². The van der Waals surface area contributed by atoms with Crippen LogP contribution in [-0.2, 0) is 23.7 Å². The molecule has 2 fully saturated rings. The van der Waals surface area contributed by atoms with E-state index in [1.807, 2.05) is 52.5 Å². The van der Waals surface area contributed by atoms with Gasteiger partial charge in [-0.1, -0.05) is 38.1 Å². The lowest BCUT2D eigenvalue weighted by Gasteiger charge is -2.39. The molecular formula is C29H40N2O5. The maximum Gasteiger partial charge on any atom is 0.183 e. The van der Waals surface area contributed by atoms with Crippen molar-refractivity contribution in [3.8, 4) is 0 Å². The van der Waals surface area contributed by atoms with Crippen LogP contribution in [0.5, 0.6) is 0 Å². The van der Waals surface area contributed by atoms with Crippen LogP contribution in [0.15, 0.2) is 48.5 Å². The predicted octanol–water partition coefficient (Wildman–Crippen LogP) is 4.97. The van der Waals surface area contributed by atoms with Crippen molar-refractivity contribution in [2.45, 2.75) is 39.3 Å². The first-order valence-corrected chi connectivity index (χ1v) is 12.6. The summed E-state index contributed by atoms with van der Waals surface area (Å²) in [6.45, 7) is 6.03. The van der Waals surface area contributed by atoms with Crippen molar-refractivity contribution < 1.29 is 23.7 Å². The van der Waals surface area contributed by atoms with Gasteiger partial charge in [0, 0.05) is 74.4 Å². The molecule has 0 radical (unpaired) electrons. The van der Waals surface area contributed by atoms with Gasteiger partial charge in [0.2, 0.25) is 0 Å². The summed E-state index contributed by atoms with van der Waals surface area (Å²) in [5.41, 5.74) is 3.54. The summed E-state index contributed by atoms with van der Waals surface area (Å²) in [5.74, 6) is 0.182. The smallest absolute Gasteiger partial charge is 0.183 e. The molecule has 2 heterocycles. The Morgan fingerprint density at radius 3 is 1.25 bits per heavy atom. The van der Waals surface area contributed by atoms with E-state index in [-0.39, 0.29) is 16.6 Å². The molecular weight excluding hydrogens is 456 g/mol. The number of hydrogen-bond acceptors (Lipinski definition) is 7. The molecule has 0 N–H and O–H groups in total. The fraction of sp³-hybridized carbons (Fsp3) is 0.552. The Morgan fingerprint density at radius 1 is 0.667 bits per heavy atom. The maximum absolute atomic E-state index is 13.1. The summed E-state index contributed by atoms with van der Waals surface area (Å²) in [4.78, 5) is 17.2. The van der Waals surface area contributed by atoms with Crippen LogP contribution < -0.4 is 9.80 Å². The molecule has 0 bridgehead atoms. The van der Waals surface area contributed by atoms with Crippen LogP contribution in [0.1, 0.15) is 50.4 Å². The quantitative estimate of drug-likeness (QED) is 0.511. The Balaban J connectivity index is 1.25. The lowest BCUT2D eigenvalue weighted by atomic mass is 9.79. The van der Waals surface area contributed by atoms with Gasteiger partial charge in [0.15, 0.2) is 12.6 Å². The molecule has 0 unspecified atom stereocenters. The summed E-state index contributed by atoms with van der Waals surface area (Å²) < 4.78 is 24.2. The third-order valence-corrected chi connectivity index (χ3v) is 6.94. The summed E-state index contributed by atoms with van der Waals surface area (Å²) in [6.07, 6.45) is 0.0192. The standard InChI is InChI=1S/C29H40N2O5/c1-28(17-33-26(34-18-28)21-7-11-23(12-8-21)30(3)4)15-25(32)16-29(2)19-35-27(36-20-29)22-9-13-24(14-10-22)31(5)6/h7-14,26-27H,15-20H2,1-6H3. The number of Topliss-reactive ketones (excluding diaryl/α,β-unsaturated/α-hetero) is 1. The average molecular weight is 497 g/mol. The second-order valence-electron chi connectivity index (χ2n) is 11.4. The van der Waals surface area contributed by atoms with E-state index in [0.717, 1.165) is 22.5 Å². The number of ether oxygens (including phenoxy) is 4. The van der Waals surface area contributed by atoms with Gasteiger partial charge in [-0.2, -0.15) is 0 Å². The zero-order valence-electron chi connectivity index (χ0n) is 22.5. The number of ketones is 1. The molecule has 0 atom stereocenters. The van der Waals surface area contributed by atoms with Crippen molar-refractivity contribution in [2.75, 3.05) is 64.4 Å². The molecule has 2 aliphatic heterocycles. The van der Waals surface area contributed by atoms with Crippen molar-refractivity contribution in [2.24, 2.45) is 10.8 Å². The SMILES string of the molecule is CN(C)c1ccc(C2OCC(C)(CC(=O)CC3(C)COC(c4ccc(N(C)C)cc4)OC3)CO2)cc1. The van der Waals surface area contributed by atoms with Gasteiger partial charge in [-0.05, 0) is 24.3 Å².